The molecule has 0 spiro atoms. The van der Waals surface area contributed by atoms with Crippen molar-refractivity contribution in [2.75, 3.05) is 12.4 Å². The summed E-state index contributed by atoms with van der Waals surface area (Å²) in [6.07, 6.45) is 0. The van der Waals surface area contributed by atoms with Gasteiger partial charge < -0.3 is 10.1 Å². The van der Waals surface area contributed by atoms with E-state index >= 15 is 0 Å². The molecule has 0 aliphatic heterocycles. The Balaban J connectivity index is 2.25. The Bertz CT molecular complexity index is 596. The van der Waals surface area contributed by atoms with Crippen molar-refractivity contribution in [1.82, 2.24) is 0 Å². The van der Waals surface area contributed by atoms with E-state index in [0.717, 1.165) is 11.3 Å². The average Bonchev–Trinajstić information content (AvgIpc) is 2.44. The molecular weight excluding hydrogens is 300 g/mol. The zero-order chi connectivity index (χ0) is 14.7. The average molecular weight is 314 g/mol. The fraction of sp³-hybridized carbons (Fsp3) is 0.200. The molecule has 0 aliphatic rings. The third-order valence-electron chi connectivity index (χ3n) is 2.97. The summed E-state index contributed by atoms with van der Waals surface area (Å²) < 4.78 is 18.7. The number of hydrogen-bond acceptors (Lipinski definition) is 2. The number of halogens is 3. The fourth-order valence-electron chi connectivity index (χ4n) is 1.99. The van der Waals surface area contributed by atoms with Gasteiger partial charge in [-0.1, -0.05) is 41.4 Å². The van der Waals surface area contributed by atoms with Gasteiger partial charge in [0, 0.05) is 11.3 Å². The lowest BCUT2D eigenvalue weighted by molar-refractivity contribution is 0.408. The van der Waals surface area contributed by atoms with Crippen molar-refractivity contribution in [3.05, 3.63) is 57.8 Å². The van der Waals surface area contributed by atoms with Gasteiger partial charge in [-0.05, 0) is 25.1 Å². The second-order valence-electron chi connectivity index (χ2n) is 4.36. The molecule has 0 fully saturated rings. The highest BCUT2D eigenvalue weighted by atomic mass is 35.5. The molecule has 2 nitrogen and oxygen atoms in total. The number of nitrogens with one attached hydrogen (secondary N) is 1. The SMILES string of the molecule is COc1ccccc1C(C)Nc1cc(Cl)c(F)c(Cl)c1. The summed E-state index contributed by atoms with van der Waals surface area (Å²) in [7, 11) is 1.62. The van der Waals surface area contributed by atoms with Gasteiger partial charge in [0.25, 0.3) is 0 Å². The first kappa shape index (κ1) is 14.9. The Kier molecular flexibility index (Phi) is 4.73. The molecule has 2 rings (SSSR count). The van der Waals surface area contributed by atoms with Gasteiger partial charge in [0.05, 0.1) is 23.2 Å². The summed E-state index contributed by atoms with van der Waals surface area (Å²) in [6.45, 7) is 1.98. The van der Waals surface area contributed by atoms with E-state index in [9.17, 15) is 4.39 Å². The van der Waals surface area contributed by atoms with Gasteiger partial charge in [0.2, 0.25) is 0 Å². The number of anilines is 1. The first-order chi connectivity index (χ1) is 9.52. The molecule has 106 valence electrons. The van der Waals surface area contributed by atoms with Gasteiger partial charge in [-0.2, -0.15) is 0 Å². The first-order valence-electron chi connectivity index (χ1n) is 6.07. The predicted octanol–water partition coefficient (Wildman–Crippen LogP) is 5.31. The van der Waals surface area contributed by atoms with E-state index in [1.54, 1.807) is 7.11 Å². The molecule has 2 aromatic carbocycles. The van der Waals surface area contributed by atoms with Crippen LogP contribution in [0.15, 0.2) is 36.4 Å². The molecule has 0 bridgehead atoms. The molecule has 0 saturated heterocycles. The summed E-state index contributed by atoms with van der Waals surface area (Å²) in [6, 6.07) is 10.7. The Hall–Kier alpha value is -1.45. The standard InChI is InChI=1S/C15H14Cl2FNO/c1-9(11-5-3-4-6-14(11)20-2)19-10-7-12(16)15(18)13(17)8-10/h3-9,19H,1-2H3. The second kappa shape index (κ2) is 6.33. The van der Waals surface area contributed by atoms with Crippen molar-refractivity contribution in [3.8, 4) is 5.75 Å². The van der Waals surface area contributed by atoms with Crippen LogP contribution in [0, 0.1) is 5.82 Å². The molecule has 0 aromatic heterocycles. The monoisotopic (exact) mass is 313 g/mol. The molecule has 2 aromatic rings. The Morgan fingerprint density at radius 1 is 1.15 bits per heavy atom. The largest absolute Gasteiger partial charge is 0.496 e. The third kappa shape index (κ3) is 3.17. The van der Waals surface area contributed by atoms with Gasteiger partial charge >= 0.3 is 0 Å². The van der Waals surface area contributed by atoms with Crippen LogP contribution in [-0.2, 0) is 0 Å². The maximum atomic E-state index is 13.4. The molecule has 5 heteroatoms. The van der Waals surface area contributed by atoms with Crippen LogP contribution in [-0.4, -0.2) is 7.11 Å². The van der Waals surface area contributed by atoms with Gasteiger partial charge in [-0.15, -0.1) is 0 Å². The normalized spacial score (nSPS) is 12.1. The van der Waals surface area contributed by atoms with Gasteiger partial charge in [-0.25, -0.2) is 4.39 Å². The van der Waals surface area contributed by atoms with Crippen molar-refractivity contribution in [2.24, 2.45) is 0 Å². The van der Waals surface area contributed by atoms with Crippen LogP contribution in [0.5, 0.6) is 5.75 Å². The van der Waals surface area contributed by atoms with Gasteiger partial charge in [0.1, 0.15) is 5.75 Å². The predicted molar refractivity (Wildman–Crippen MR) is 81.5 cm³/mol. The van der Waals surface area contributed by atoms with Crippen LogP contribution in [0.3, 0.4) is 0 Å². The highest BCUT2D eigenvalue weighted by Crippen LogP contribution is 2.31. The Morgan fingerprint density at radius 2 is 1.75 bits per heavy atom. The lowest BCUT2D eigenvalue weighted by Crippen LogP contribution is -2.08. The molecule has 0 saturated carbocycles. The summed E-state index contributed by atoms with van der Waals surface area (Å²) in [5.41, 5.74) is 1.64. The quantitative estimate of drug-likeness (QED) is 0.772. The zero-order valence-electron chi connectivity index (χ0n) is 11.1. The third-order valence-corrected chi connectivity index (χ3v) is 3.52. The fourth-order valence-corrected chi connectivity index (χ4v) is 2.48. The van der Waals surface area contributed by atoms with Crippen LogP contribution in [0.2, 0.25) is 10.0 Å². The Morgan fingerprint density at radius 3 is 2.35 bits per heavy atom. The molecule has 0 aliphatic carbocycles. The number of rotatable bonds is 4. The van der Waals surface area contributed by atoms with E-state index in [4.69, 9.17) is 27.9 Å². The maximum absolute atomic E-state index is 13.4. The molecule has 20 heavy (non-hydrogen) atoms. The lowest BCUT2D eigenvalue weighted by atomic mass is 10.1. The molecule has 0 amide bonds. The molecule has 1 unspecified atom stereocenters. The highest BCUT2D eigenvalue weighted by molar-refractivity contribution is 6.35. The summed E-state index contributed by atoms with van der Waals surface area (Å²) >= 11 is 11.6. The van der Waals surface area contributed by atoms with Crippen LogP contribution < -0.4 is 10.1 Å². The van der Waals surface area contributed by atoms with Crippen molar-refractivity contribution in [3.63, 3.8) is 0 Å². The van der Waals surface area contributed by atoms with Crippen LogP contribution in [0.4, 0.5) is 10.1 Å². The topological polar surface area (TPSA) is 21.3 Å². The second-order valence-corrected chi connectivity index (χ2v) is 5.18. The van der Waals surface area contributed by atoms with Crippen molar-refractivity contribution in [1.29, 1.82) is 0 Å². The number of methoxy groups -OCH3 is 1. The van der Waals surface area contributed by atoms with Crippen LogP contribution in [0.25, 0.3) is 0 Å². The van der Waals surface area contributed by atoms with Crippen LogP contribution >= 0.6 is 23.2 Å². The zero-order valence-corrected chi connectivity index (χ0v) is 12.6. The number of hydrogen-bond donors (Lipinski definition) is 1. The van der Waals surface area contributed by atoms with Crippen LogP contribution in [0.1, 0.15) is 18.5 Å². The van der Waals surface area contributed by atoms with E-state index in [1.165, 1.54) is 12.1 Å². The van der Waals surface area contributed by atoms with Crippen molar-refractivity contribution < 1.29 is 9.13 Å². The van der Waals surface area contributed by atoms with E-state index in [-0.39, 0.29) is 16.1 Å². The minimum Gasteiger partial charge on any atom is -0.496 e. The smallest absolute Gasteiger partial charge is 0.160 e. The van der Waals surface area contributed by atoms with E-state index in [2.05, 4.69) is 5.32 Å². The molecule has 0 radical (unpaired) electrons. The number of para-hydroxylation sites is 1. The molecular formula is C15H14Cl2FNO. The molecule has 1 N–H and O–H groups in total. The summed E-state index contributed by atoms with van der Waals surface area (Å²) in [4.78, 5) is 0. The van der Waals surface area contributed by atoms with E-state index in [0.29, 0.717) is 5.69 Å². The van der Waals surface area contributed by atoms with Gasteiger partial charge in [0.15, 0.2) is 5.82 Å². The number of benzene rings is 2. The Labute approximate surface area is 127 Å². The van der Waals surface area contributed by atoms with Crippen molar-refractivity contribution >= 4 is 28.9 Å². The minimum absolute atomic E-state index is 0.00720. The molecule has 0 heterocycles. The summed E-state index contributed by atoms with van der Waals surface area (Å²) in [5.74, 6) is 0.177. The van der Waals surface area contributed by atoms with E-state index < -0.39 is 5.82 Å². The highest BCUT2D eigenvalue weighted by Gasteiger charge is 2.13. The summed E-state index contributed by atoms with van der Waals surface area (Å²) in [5, 5.41) is 3.21. The minimum atomic E-state index is -0.608. The van der Waals surface area contributed by atoms with Gasteiger partial charge in [-0.3, -0.25) is 0 Å². The van der Waals surface area contributed by atoms with E-state index in [1.807, 2.05) is 31.2 Å². The maximum Gasteiger partial charge on any atom is 0.160 e. The number of ether oxygens (including phenoxy) is 1. The first-order valence-corrected chi connectivity index (χ1v) is 6.82. The lowest BCUT2D eigenvalue weighted by Gasteiger charge is -2.18. The molecule has 1 atom stereocenters. The van der Waals surface area contributed by atoms with Crippen molar-refractivity contribution in [2.45, 2.75) is 13.0 Å².